The SMILES string of the molecule is CC(C)(C)[Si](C)(C)OCc1ccnc(OC[C@@H]2CN(C3CC3)CCO2)n1. The van der Waals surface area contributed by atoms with Gasteiger partial charge in [-0.1, -0.05) is 20.8 Å². The molecule has 1 atom stereocenters. The Morgan fingerprint density at radius 3 is 2.77 bits per heavy atom. The van der Waals surface area contributed by atoms with E-state index in [0.717, 1.165) is 31.4 Å². The van der Waals surface area contributed by atoms with Gasteiger partial charge in [-0.05, 0) is 37.0 Å². The van der Waals surface area contributed by atoms with Gasteiger partial charge in [0.05, 0.1) is 18.9 Å². The summed E-state index contributed by atoms with van der Waals surface area (Å²) in [4.78, 5) is 11.3. The second-order valence-corrected chi connectivity index (χ2v) is 13.7. The van der Waals surface area contributed by atoms with Crippen molar-refractivity contribution in [3.63, 3.8) is 0 Å². The molecule has 3 rings (SSSR count). The van der Waals surface area contributed by atoms with Crippen molar-refractivity contribution in [3.05, 3.63) is 18.0 Å². The molecule has 2 heterocycles. The highest BCUT2D eigenvalue weighted by atomic mass is 28.4. The molecule has 1 saturated heterocycles. The van der Waals surface area contributed by atoms with Crippen molar-refractivity contribution in [2.24, 2.45) is 0 Å². The summed E-state index contributed by atoms with van der Waals surface area (Å²) >= 11 is 0. The lowest BCUT2D eigenvalue weighted by Crippen LogP contribution is -2.45. The first-order valence-electron chi connectivity index (χ1n) is 9.69. The highest BCUT2D eigenvalue weighted by Crippen LogP contribution is 2.37. The summed E-state index contributed by atoms with van der Waals surface area (Å²) < 4.78 is 17.9. The summed E-state index contributed by atoms with van der Waals surface area (Å²) in [7, 11) is -1.79. The molecule has 0 radical (unpaired) electrons. The first-order valence-corrected chi connectivity index (χ1v) is 12.6. The Kier molecular flexibility index (Phi) is 6.01. The predicted molar refractivity (Wildman–Crippen MR) is 104 cm³/mol. The van der Waals surface area contributed by atoms with Gasteiger partial charge in [0.1, 0.15) is 12.7 Å². The lowest BCUT2D eigenvalue weighted by molar-refractivity contribution is -0.0517. The molecule has 26 heavy (non-hydrogen) atoms. The monoisotopic (exact) mass is 379 g/mol. The molecule has 1 aromatic rings. The van der Waals surface area contributed by atoms with Gasteiger partial charge in [0.25, 0.3) is 0 Å². The third-order valence-corrected chi connectivity index (χ3v) is 10.2. The normalized spacial score (nSPS) is 22.4. The van der Waals surface area contributed by atoms with Gasteiger partial charge in [-0.2, -0.15) is 4.98 Å². The molecule has 0 bridgehead atoms. The fraction of sp³-hybridized carbons (Fsp3) is 0.789. The maximum absolute atomic E-state index is 6.24. The van der Waals surface area contributed by atoms with Crippen molar-refractivity contribution in [1.82, 2.24) is 14.9 Å². The van der Waals surface area contributed by atoms with E-state index in [4.69, 9.17) is 13.9 Å². The van der Waals surface area contributed by atoms with Crippen molar-refractivity contribution in [3.8, 4) is 6.01 Å². The van der Waals surface area contributed by atoms with E-state index in [0.29, 0.717) is 19.2 Å². The van der Waals surface area contributed by atoms with E-state index >= 15 is 0 Å². The lowest BCUT2D eigenvalue weighted by Gasteiger charge is -2.36. The zero-order valence-electron chi connectivity index (χ0n) is 16.8. The van der Waals surface area contributed by atoms with Gasteiger partial charge in [-0.3, -0.25) is 4.90 Å². The Balaban J connectivity index is 1.49. The number of aromatic nitrogens is 2. The van der Waals surface area contributed by atoms with Crippen LogP contribution in [-0.4, -0.2) is 61.6 Å². The first kappa shape index (κ1) is 19.7. The van der Waals surface area contributed by atoms with Crippen LogP contribution in [0.5, 0.6) is 6.01 Å². The van der Waals surface area contributed by atoms with E-state index < -0.39 is 8.32 Å². The Bertz CT molecular complexity index is 602. The molecule has 2 fully saturated rings. The lowest BCUT2D eigenvalue weighted by atomic mass is 10.2. The number of morpholine rings is 1. The summed E-state index contributed by atoms with van der Waals surface area (Å²) in [5.74, 6) is 0. The third-order valence-electron chi connectivity index (χ3n) is 5.71. The van der Waals surface area contributed by atoms with Gasteiger partial charge in [-0.25, -0.2) is 4.98 Å². The van der Waals surface area contributed by atoms with Gasteiger partial charge >= 0.3 is 6.01 Å². The second-order valence-electron chi connectivity index (χ2n) is 8.91. The van der Waals surface area contributed by atoms with E-state index in [1.807, 2.05) is 6.07 Å². The van der Waals surface area contributed by atoms with Crippen molar-refractivity contribution >= 4 is 8.32 Å². The quantitative estimate of drug-likeness (QED) is 0.678. The summed E-state index contributed by atoms with van der Waals surface area (Å²) in [6, 6.07) is 3.08. The standard InChI is InChI=1S/C19H33N3O3Si/c1-19(2,3)26(4,5)25-13-15-8-9-20-18(21-15)24-14-17-12-22(10-11-23-17)16-6-7-16/h8-9,16-17H,6-7,10-14H2,1-5H3/t17-/m0/s1. The molecule has 0 unspecified atom stereocenters. The van der Waals surface area contributed by atoms with E-state index in [1.165, 1.54) is 12.8 Å². The zero-order valence-corrected chi connectivity index (χ0v) is 17.8. The Labute approximate surface area is 158 Å². The van der Waals surface area contributed by atoms with Gasteiger partial charge in [0.2, 0.25) is 0 Å². The highest BCUT2D eigenvalue weighted by Gasteiger charge is 2.37. The molecule has 146 valence electrons. The molecule has 0 spiro atoms. The molecule has 2 aliphatic rings. The molecule has 1 saturated carbocycles. The van der Waals surface area contributed by atoms with Crippen LogP contribution < -0.4 is 4.74 Å². The van der Waals surface area contributed by atoms with Crippen LogP contribution >= 0.6 is 0 Å². The molecular formula is C19H33N3O3Si. The van der Waals surface area contributed by atoms with E-state index in [9.17, 15) is 0 Å². The summed E-state index contributed by atoms with van der Waals surface area (Å²) in [5.41, 5.74) is 0.865. The smallest absolute Gasteiger partial charge is 0.316 e. The molecule has 1 aromatic heterocycles. The molecular weight excluding hydrogens is 346 g/mol. The molecule has 7 heteroatoms. The number of ether oxygens (including phenoxy) is 2. The molecule has 1 aliphatic heterocycles. The van der Waals surface area contributed by atoms with E-state index in [2.05, 4.69) is 48.7 Å². The van der Waals surface area contributed by atoms with Crippen molar-refractivity contribution in [1.29, 1.82) is 0 Å². The van der Waals surface area contributed by atoms with Gasteiger partial charge in [0.15, 0.2) is 8.32 Å². The summed E-state index contributed by atoms with van der Waals surface area (Å²) in [5, 5.41) is 0.186. The summed E-state index contributed by atoms with van der Waals surface area (Å²) in [6.45, 7) is 15.0. The maximum atomic E-state index is 6.24. The first-order chi connectivity index (χ1) is 12.2. The Hall–Kier alpha value is -1.02. The second kappa shape index (κ2) is 7.92. The average molecular weight is 380 g/mol. The number of hydrogen-bond donors (Lipinski definition) is 0. The molecule has 6 nitrogen and oxygen atoms in total. The minimum Gasteiger partial charge on any atom is -0.461 e. The van der Waals surface area contributed by atoms with Crippen LogP contribution in [0.15, 0.2) is 12.3 Å². The van der Waals surface area contributed by atoms with E-state index in [1.54, 1.807) is 6.20 Å². The van der Waals surface area contributed by atoms with Crippen molar-refractivity contribution in [2.75, 3.05) is 26.3 Å². The van der Waals surface area contributed by atoms with E-state index in [-0.39, 0.29) is 11.1 Å². The largest absolute Gasteiger partial charge is 0.461 e. The van der Waals surface area contributed by atoms with Crippen LogP contribution in [-0.2, 0) is 15.8 Å². The van der Waals surface area contributed by atoms with Gasteiger partial charge < -0.3 is 13.9 Å². The average Bonchev–Trinajstić information content (AvgIpc) is 3.43. The zero-order chi connectivity index (χ0) is 18.8. The van der Waals surface area contributed by atoms with Gasteiger partial charge in [0, 0.05) is 25.3 Å². The van der Waals surface area contributed by atoms with Crippen LogP contribution in [0.3, 0.4) is 0 Å². The number of nitrogens with zero attached hydrogens (tertiary/aromatic N) is 3. The molecule has 0 amide bonds. The Morgan fingerprint density at radius 1 is 1.31 bits per heavy atom. The maximum Gasteiger partial charge on any atom is 0.316 e. The number of hydrogen-bond acceptors (Lipinski definition) is 6. The third kappa shape index (κ3) is 5.25. The highest BCUT2D eigenvalue weighted by molar-refractivity contribution is 6.74. The van der Waals surface area contributed by atoms with Crippen LogP contribution in [0.4, 0.5) is 0 Å². The topological polar surface area (TPSA) is 56.7 Å². The fourth-order valence-corrected chi connectivity index (χ4v) is 3.72. The number of rotatable bonds is 7. The fourth-order valence-electron chi connectivity index (χ4n) is 2.78. The summed E-state index contributed by atoms with van der Waals surface area (Å²) in [6.07, 6.45) is 4.49. The van der Waals surface area contributed by atoms with Crippen LogP contribution in [0.1, 0.15) is 39.3 Å². The molecule has 0 N–H and O–H groups in total. The molecule has 0 aromatic carbocycles. The van der Waals surface area contributed by atoms with Crippen molar-refractivity contribution < 1.29 is 13.9 Å². The van der Waals surface area contributed by atoms with Crippen LogP contribution in [0.25, 0.3) is 0 Å². The minimum absolute atomic E-state index is 0.0973. The minimum atomic E-state index is -1.79. The van der Waals surface area contributed by atoms with Gasteiger partial charge in [-0.15, -0.1) is 0 Å². The van der Waals surface area contributed by atoms with Crippen LogP contribution in [0, 0.1) is 0 Å². The van der Waals surface area contributed by atoms with Crippen LogP contribution in [0.2, 0.25) is 18.1 Å². The predicted octanol–water partition coefficient (Wildman–Crippen LogP) is 3.24. The molecule has 1 aliphatic carbocycles. The Morgan fingerprint density at radius 2 is 2.08 bits per heavy atom. The van der Waals surface area contributed by atoms with Crippen molar-refractivity contribution in [2.45, 2.75) is 70.5 Å².